The number of nitrogens with one attached hydrogen (secondary N) is 2. The lowest BCUT2D eigenvalue weighted by Crippen LogP contribution is -2.33. The molecule has 2 N–H and O–H groups in total. The summed E-state index contributed by atoms with van der Waals surface area (Å²) in [6.07, 6.45) is 1.54. The van der Waals surface area contributed by atoms with Crippen LogP contribution in [0, 0.1) is 10.1 Å². The Kier molecular flexibility index (Phi) is 7.02. The molecule has 2 amide bonds. The van der Waals surface area contributed by atoms with Gasteiger partial charge in [-0.2, -0.15) is 5.10 Å². The third-order valence-corrected chi connectivity index (χ3v) is 5.14. The van der Waals surface area contributed by atoms with Crippen LogP contribution in [0.25, 0.3) is 6.08 Å². The second-order valence-corrected chi connectivity index (χ2v) is 7.26. The monoisotopic (exact) mass is 434 g/mol. The molecule has 1 aromatic heterocycles. The van der Waals surface area contributed by atoms with Crippen LogP contribution < -0.4 is 10.7 Å². The Morgan fingerprint density at radius 2 is 1.71 bits per heavy atom. The average molecular weight is 434 g/mol. The number of carbonyl (C=O) groups excluding carboxylic acids is 2. The van der Waals surface area contributed by atoms with E-state index in [-0.39, 0.29) is 11.4 Å². The fourth-order valence-corrected chi connectivity index (χ4v) is 3.33. The molecule has 0 atom stereocenters. The minimum atomic E-state index is -0.626. The number of thiophene rings is 1. The molecule has 9 heteroatoms. The first kappa shape index (κ1) is 21.6. The number of hydrazone groups is 1. The minimum Gasteiger partial charge on any atom is -0.317 e. The third-order valence-electron chi connectivity index (χ3n) is 4.12. The Bertz CT molecular complexity index is 1150. The Morgan fingerprint density at radius 1 is 1.06 bits per heavy atom. The van der Waals surface area contributed by atoms with Crippen molar-refractivity contribution in [2.45, 2.75) is 6.92 Å². The highest BCUT2D eigenvalue weighted by Gasteiger charge is 2.15. The SMILES string of the molecule is C/C(=N\NC(=O)/C(=C\c1ccccc1)NC(=O)c1ccccc1)c1cc([N+](=O)[O-])cs1. The van der Waals surface area contributed by atoms with Crippen LogP contribution in [-0.2, 0) is 4.79 Å². The van der Waals surface area contributed by atoms with Crippen LogP contribution in [0.15, 0.2) is 82.9 Å². The van der Waals surface area contributed by atoms with Gasteiger partial charge in [0.2, 0.25) is 0 Å². The first-order valence-corrected chi connectivity index (χ1v) is 10.0. The van der Waals surface area contributed by atoms with E-state index < -0.39 is 16.7 Å². The van der Waals surface area contributed by atoms with Crippen molar-refractivity contribution in [3.63, 3.8) is 0 Å². The summed E-state index contributed by atoms with van der Waals surface area (Å²) in [5, 5.41) is 18.9. The maximum atomic E-state index is 12.8. The second kappa shape index (κ2) is 10.1. The molecule has 2 aromatic carbocycles. The minimum absolute atomic E-state index is 0.00811. The summed E-state index contributed by atoms with van der Waals surface area (Å²) in [6, 6.07) is 18.9. The molecular weight excluding hydrogens is 416 g/mol. The van der Waals surface area contributed by atoms with Crippen molar-refractivity contribution in [1.29, 1.82) is 0 Å². The molecule has 0 bridgehead atoms. The topological polar surface area (TPSA) is 114 Å². The van der Waals surface area contributed by atoms with Crippen LogP contribution in [0.2, 0.25) is 0 Å². The standard InChI is InChI=1S/C22H18N4O4S/c1-15(20-13-18(14-31-20)26(29)30)24-25-22(28)19(12-16-8-4-2-5-9-16)23-21(27)17-10-6-3-7-11-17/h2-14H,1H3,(H,23,27)(H,25,28)/b19-12+,24-15+. The zero-order valence-corrected chi connectivity index (χ0v) is 17.3. The van der Waals surface area contributed by atoms with Gasteiger partial charge in [0.1, 0.15) is 5.70 Å². The van der Waals surface area contributed by atoms with Gasteiger partial charge in [-0.05, 0) is 30.7 Å². The van der Waals surface area contributed by atoms with Crippen LogP contribution in [0.1, 0.15) is 27.7 Å². The van der Waals surface area contributed by atoms with E-state index in [1.807, 2.05) is 18.2 Å². The Hall–Kier alpha value is -4.11. The number of hydrogen-bond donors (Lipinski definition) is 2. The van der Waals surface area contributed by atoms with E-state index in [0.717, 1.165) is 16.9 Å². The van der Waals surface area contributed by atoms with E-state index in [4.69, 9.17) is 0 Å². The molecule has 1 heterocycles. The molecule has 31 heavy (non-hydrogen) atoms. The van der Waals surface area contributed by atoms with Crippen LogP contribution in [-0.4, -0.2) is 22.4 Å². The summed E-state index contributed by atoms with van der Waals surface area (Å²) in [5.41, 5.74) is 3.89. The first-order chi connectivity index (χ1) is 14.9. The molecule has 3 aromatic rings. The number of rotatable bonds is 7. The molecular formula is C22H18N4O4S. The molecule has 0 aliphatic rings. The summed E-state index contributed by atoms with van der Waals surface area (Å²) in [5.74, 6) is -1.06. The van der Waals surface area contributed by atoms with Crippen molar-refractivity contribution < 1.29 is 14.5 Å². The predicted molar refractivity (Wildman–Crippen MR) is 120 cm³/mol. The van der Waals surface area contributed by atoms with Gasteiger partial charge in [-0.25, -0.2) is 5.43 Å². The quantitative estimate of drug-likeness (QED) is 0.253. The van der Waals surface area contributed by atoms with Gasteiger partial charge in [0.15, 0.2) is 0 Å². The fraction of sp³-hybridized carbons (Fsp3) is 0.0455. The summed E-state index contributed by atoms with van der Waals surface area (Å²) in [6.45, 7) is 1.62. The largest absolute Gasteiger partial charge is 0.317 e. The second-order valence-electron chi connectivity index (χ2n) is 6.35. The Morgan fingerprint density at radius 3 is 2.32 bits per heavy atom. The summed E-state index contributed by atoms with van der Waals surface area (Å²) >= 11 is 1.15. The average Bonchev–Trinajstić information content (AvgIpc) is 3.29. The first-order valence-electron chi connectivity index (χ1n) is 9.15. The zero-order valence-electron chi connectivity index (χ0n) is 16.4. The highest BCUT2D eigenvalue weighted by atomic mass is 32.1. The van der Waals surface area contributed by atoms with Gasteiger partial charge < -0.3 is 5.32 Å². The molecule has 0 radical (unpaired) electrons. The number of nitrogens with zero attached hydrogens (tertiary/aromatic N) is 2. The van der Waals surface area contributed by atoms with E-state index in [9.17, 15) is 19.7 Å². The van der Waals surface area contributed by atoms with E-state index in [1.54, 1.807) is 49.4 Å². The summed E-state index contributed by atoms with van der Waals surface area (Å²) < 4.78 is 0. The van der Waals surface area contributed by atoms with Crippen LogP contribution >= 0.6 is 11.3 Å². The van der Waals surface area contributed by atoms with Gasteiger partial charge in [0.25, 0.3) is 17.5 Å². The smallest absolute Gasteiger partial charge is 0.287 e. The van der Waals surface area contributed by atoms with Gasteiger partial charge in [-0.15, -0.1) is 11.3 Å². The fourth-order valence-electron chi connectivity index (χ4n) is 2.52. The van der Waals surface area contributed by atoms with E-state index in [1.165, 1.54) is 17.5 Å². The lowest BCUT2D eigenvalue weighted by Gasteiger charge is -2.09. The van der Waals surface area contributed by atoms with E-state index in [2.05, 4.69) is 15.8 Å². The molecule has 0 aliphatic heterocycles. The Labute approximate surface area is 182 Å². The molecule has 0 unspecified atom stereocenters. The van der Waals surface area contributed by atoms with Crippen LogP contribution in [0.5, 0.6) is 0 Å². The normalized spacial score (nSPS) is 11.6. The zero-order chi connectivity index (χ0) is 22.2. The molecule has 0 saturated carbocycles. The number of hydrogen-bond acceptors (Lipinski definition) is 6. The molecule has 3 rings (SSSR count). The number of benzene rings is 2. The van der Waals surface area contributed by atoms with E-state index >= 15 is 0 Å². The van der Waals surface area contributed by atoms with Crippen molar-refractivity contribution >= 4 is 40.6 Å². The number of carbonyl (C=O) groups is 2. The summed E-state index contributed by atoms with van der Waals surface area (Å²) in [4.78, 5) is 36.2. The van der Waals surface area contributed by atoms with Crippen LogP contribution in [0.4, 0.5) is 5.69 Å². The molecule has 0 aliphatic carbocycles. The lowest BCUT2D eigenvalue weighted by atomic mass is 10.1. The number of nitro groups is 1. The van der Waals surface area contributed by atoms with Crippen LogP contribution in [0.3, 0.4) is 0 Å². The molecule has 156 valence electrons. The summed E-state index contributed by atoms with van der Waals surface area (Å²) in [7, 11) is 0. The lowest BCUT2D eigenvalue weighted by molar-refractivity contribution is -0.384. The van der Waals surface area contributed by atoms with Gasteiger partial charge in [-0.3, -0.25) is 19.7 Å². The van der Waals surface area contributed by atoms with Crippen molar-refractivity contribution in [3.05, 3.63) is 104 Å². The molecule has 0 fully saturated rings. The molecule has 0 spiro atoms. The van der Waals surface area contributed by atoms with Crippen molar-refractivity contribution in [2.75, 3.05) is 0 Å². The Balaban J connectivity index is 1.80. The van der Waals surface area contributed by atoms with Crippen molar-refractivity contribution in [1.82, 2.24) is 10.7 Å². The van der Waals surface area contributed by atoms with Crippen molar-refractivity contribution in [3.8, 4) is 0 Å². The van der Waals surface area contributed by atoms with Gasteiger partial charge in [0, 0.05) is 11.6 Å². The van der Waals surface area contributed by atoms with Gasteiger partial charge in [-0.1, -0.05) is 48.5 Å². The predicted octanol–water partition coefficient (Wildman–Crippen LogP) is 3.97. The highest BCUT2D eigenvalue weighted by Crippen LogP contribution is 2.21. The van der Waals surface area contributed by atoms with Gasteiger partial charge in [0.05, 0.1) is 20.9 Å². The van der Waals surface area contributed by atoms with Crippen molar-refractivity contribution in [2.24, 2.45) is 5.10 Å². The molecule has 8 nitrogen and oxygen atoms in total. The number of amides is 2. The third kappa shape index (κ3) is 5.94. The molecule has 0 saturated heterocycles. The highest BCUT2D eigenvalue weighted by molar-refractivity contribution is 7.12. The maximum absolute atomic E-state index is 12.8. The van der Waals surface area contributed by atoms with E-state index in [0.29, 0.717) is 16.2 Å². The van der Waals surface area contributed by atoms with Gasteiger partial charge >= 0.3 is 0 Å². The maximum Gasteiger partial charge on any atom is 0.287 e.